The Hall–Kier alpha value is -3.21. The van der Waals surface area contributed by atoms with Gasteiger partial charge in [-0.15, -0.1) is 0 Å². The number of fused-ring (bicyclic) bond motifs is 1. The molecule has 29 heavy (non-hydrogen) atoms. The highest BCUT2D eigenvalue weighted by atomic mass is 16.5. The van der Waals surface area contributed by atoms with E-state index < -0.39 is 5.97 Å². The molecule has 1 aliphatic rings. The predicted molar refractivity (Wildman–Crippen MR) is 110 cm³/mol. The van der Waals surface area contributed by atoms with E-state index in [-0.39, 0.29) is 18.8 Å². The number of ether oxygens (including phenoxy) is 1. The second kappa shape index (κ2) is 8.03. The zero-order valence-corrected chi connectivity index (χ0v) is 16.8. The van der Waals surface area contributed by atoms with Crippen molar-refractivity contribution in [2.45, 2.75) is 39.5 Å². The van der Waals surface area contributed by atoms with Crippen LogP contribution >= 0.6 is 0 Å². The maximum Gasteiger partial charge on any atom is 0.310 e. The number of hydrogen-bond acceptors (Lipinski definition) is 4. The first-order chi connectivity index (χ1) is 14.0. The lowest BCUT2D eigenvalue weighted by molar-refractivity contribution is -0.141. The van der Waals surface area contributed by atoms with Crippen molar-refractivity contribution in [3.05, 3.63) is 82.2 Å². The van der Waals surface area contributed by atoms with Crippen LogP contribution < -0.4 is 0 Å². The molecule has 1 aromatic heterocycles. The number of benzene rings is 2. The van der Waals surface area contributed by atoms with Crippen LogP contribution in [0.15, 0.2) is 48.5 Å². The number of carbonyl (C=O) groups excluding carboxylic acids is 2. The number of carbonyl (C=O) groups is 2. The number of aromatic nitrogens is 2. The van der Waals surface area contributed by atoms with Gasteiger partial charge in [-0.3, -0.25) is 9.59 Å². The molecule has 1 aliphatic carbocycles. The van der Waals surface area contributed by atoms with Gasteiger partial charge in [0.2, 0.25) is 0 Å². The van der Waals surface area contributed by atoms with Crippen LogP contribution in [0.2, 0.25) is 0 Å². The molecule has 0 saturated heterocycles. The van der Waals surface area contributed by atoms with Crippen molar-refractivity contribution in [3.63, 3.8) is 0 Å². The minimum absolute atomic E-state index is 0.0992. The van der Waals surface area contributed by atoms with Crippen molar-refractivity contribution in [1.82, 2.24) is 9.78 Å². The van der Waals surface area contributed by atoms with Gasteiger partial charge in [-0.05, 0) is 62.4 Å². The summed E-state index contributed by atoms with van der Waals surface area (Å²) in [6.07, 6.45) is 3.33. The molecule has 0 radical (unpaired) electrons. The number of hydrogen-bond donors (Lipinski definition) is 0. The van der Waals surface area contributed by atoms with E-state index in [0.29, 0.717) is 5.56 Å². The van der Waals surface area contributed by atoms with E-state index in [0.717, 1.165) is 41.9 Å². The Balaban J connectivity index is 1.40. The molecule has 0 spiro atoms. The number of ketones is 1. The van der Waals surface area contributed by atoms with E-state index in [9.17, 15) is 9.59 Å². The van der Waals surface area contributed by atoms with Crippen LogP contribution in [0, 0.1) is 13.8 Å². The predicted octanol–water partition coefficient (Wildman–Crippen LogP) is 3.95. The van der Waals surface area contributed by atoms with Crippen LogP contribution in [0.1, 0.15) is 44.9 Å². The normalized spacial score (nSPS) is 12.6. The number of Topliss-reactive ketones (excluding diaryl/α,β-unsaturated/α-hetero) is 1. The molecule has 2 aromatic carbocycles. The Morgan fingerprint density at radius 1 is 1.03 bits per heavy atom. The molecule has 5 heteroatoms. The lowest BCUT2D eigenvalue weighted by atomic mass is 10.0. The topological polar surface area (TPSA) is 61.2 Å². The molecule has 4 rings (SSSR count). The highest BCUT2D eigenvalue weighted by Gasteiger charge is 2.19. The summed E-state index contributed by atoms with van der Waals surface area (Å²) in [7, 11) is 0. The Labute approximate surface area is 170 Å². The average Bonchev–Trinajstić information content (AvgIpc) is 3.32. The second-order valence-electron chi connectivity index (χ2n) is 7.49. The maximum atomic E-state index is 12.4. The third-order valence-electron chi connectivity index (χ3n) is 5.55. The average molecular weight is 388 g/mol. The van der Waals surface area contributed by atoms with Crippen molar-refractivity contribution in [2.75, 3.05) is 6.61 Å². The van der Waals surface area contributed by atoms with Gasteiger partial charge in [-0.2, -0.15) is 5.10 Å². The van der Waals surface area contributed by atoms with Crippen molar-refractivity contribution >= 4 is 11.8 Å². The second-order valence-corrected chi connectivity index (χ2v) is 7.49. The highest BCUT2D eigenvalue weighted by Crippen LogP contribution is 2.23. The van der Waals surface area contributed by atoms with E-state index in [1.165, 1.54) is 11.1 Å². The summed E-state index contributed by atoms with van der Waals surface area (Å²) in [5.41, 5.74) is 6.64. The van der Waals surface area contributed by atoms with E-state index in [1.54, 1.807) is 0 Å². The van der Waals surface area contributed by atoms with Crippen LogP contribution in [0.4, 0.5) is 0 Å². The number of nitrogens with zero attached hydrogens (tertiary/aromatic N) is 2. The van der Waals surface area contributed by atoms with Crippen LogP contribution in [0.5, 0.6) is 0 Å². The summed E-state index contributed by atoms with van der Waals surface area (Å²) in [5.74, 6) is -0.584. The number of esters is 1. The molecule has 0 atom stereocenters. The zero-order valence-electron chi connectivity index (χ0n) is 16.8. The zero-order chi connectivity index (χ0) is 20.4. The molecule has 0 amide bonds. The van der Waals surface area contributed by atoms with Crippen molar-refractivity contribution < 1.29 is 14.3 Å². The Bertz CT molecular complexity index is 1070. The van der Waals surface area contributed by atoms with Crippen LogP contribution in [0.3, 0.4) is 0 Å². The summed E-state index contributed by atoms with van der Waals surface area (Å²) in [5, 5.41) is 4.55. The van der Waals surface area contributed by atoms with E-state index in [4.69, 9.17) is 4.74 Å². The molecule has 0 aliphatic heterocycles. The Morgan fingerprint density at radius 3 is 2.59 bits per heavy atom. The van der Waals surface area contributed by atoms with Gasteiger partial charge in [-0.25, -0.2) is 4.68 Å². The number of aryl methyl sites for hydroxylation is 3. The summed E-state index contributed by atoms with van der Waals surface area (Å²) >= 11 is 0. The van der Waals surface area contributed by atoms with E-state index >= 15 is 0 Å². The quantitative estimate of drug-likeness (QED) is 0.474. The molecular formula is C24H24N2O3. The molecule has 3 aromatic rings. The van der Waals surface area contributed by atoms with Crippen molar-refractivity contribution in [1.29, 1.82) is 0 Å². The molecule has 0 saturated carbocycles. The largest absolute Gasteiger partial charge is 0.457 e. The molecule has 0 unspecified atom stereocenters. The molecule has 1 heterocycles. The van der Waals surface area contributed by atoms with Crippen LogP contribution in [-0.4, -0.2) is 28.1 Å². The van der Waals surface area contributed by atoms with Crippen LogP contribution in [-0.2, 0) is 28.8 Å². The van der Waals surface area contributed by atoms with Crippen LogP contribution in [0.25, 0.3) is 5.69 Å². The van der Waals surface area contributed by atoms with Gasteiger partial charge < -0.3 is 4.74 Å². The summed E-state index contributed by atoms with van der Waals surface area (Å²) in [6, 6.07) is 15.6. The summed E-state index contributed by atoms with van der Waals surface area (Å²) in [6.45, 7) is 3.58. The fourth-order valence-electron chi connectivity index (χ4n) is 3.92. The van der Waals surface area contributed by atoms with Gasteiger partial charge in [0.1, 0.15) is 0 Å². The Morgan fingerprint density at radius 2 is 1.79 bits per heavy atom. The number of rotatable bonds is 6. The van der Waals surface area contributed by atoms with Gasteiger partial charge in [0.15, 0.2) is 12.4 Å². The van der Waals surface area contributed by atoms with E-state index in [2.05, 4.69) is 5.10 Å². The van der Waals surface area contributed by atoms with E-state index in [1.807, 2.05) is 67.1 Å². The molecular weight excluding hydrogens is 364 g/mol. The minimum atomic E-state index is -0.418. The Kier molecular flexibility index (Phi) is 5.30. The van der Waals surface area contributed by atoms with Gasteiger partial charge in [0.25, 0.3) is 0 Å². The summed E-state index contributed by atoms with van der Waals surface area (Å²) < 4.78 is 7.11. The lowest BCUT2D eigenvalue weighted by Crippen LogP contribution is -2.16. The van der Waals surface area contributed by atoms with Gasteiger partial charge in [0, 0.05) is 16.8 Å². The first-order valence-electron chi connectivity index (χ1n) is 9.94. The smallest absolute Gasteiger partial charge is 0.310 e. The van der Waals surface area contributed by atoms with Gasteiger partial charge in [0.05, 0.1) is 17.8 Å². The third kappa shape index (κ3) is 3.99. The lowest BCUT2D eigenvalue weighted by Gasteiger charge is -2.07. The standard InChI is InChI=1S/C24H24N2O3/c1-16-22(17(2)26(25-16)21-9-4-3-5-10-21)14-24(28)29-15-23(27)20-12-11-18-7-6-8-19(18)13-20/h3-5,9-13H,6-8,14-15H2,1-2H3. The molecule has 5 nitrogen and oxygen atoms in total. The SMILES string of the molecule is Cc1nn(-c2ccccc2)c(C)c1CC(=O)OCC(=O)c1ccc2c(c1)CCC2. The fraction of sp³-hybridized carbons (Fsp3) is 0.292. The fourth-order valence-corrected chi connectivity index (χ4v) is 3.92. The highest BCUT2D eigenvalue weighted by molar-refractivity contribution is 5.98. The van der Waals surface area contributed by atoms with Gasteiger partial charge >= 0.3 is 5.97 Å². The molecule has 148 valence electrons. The summed E-state index contributed by atoms with van der Waals surface area (Å²) in [4.78, 5) is 24.8. The van der Waals surface area contributed by atoms with Crippen molar-refractivity contribution in [3.8, 4) is 5.69 Å². The molecule has 0 fully saturated rings. The maximum absolute atomic E-state index is 12.4. The minimum Gasteiger partial charge on any atom is -0.457 e. The first-order valence-corrected chi connectivity index (χ1v) is 9.94. The van der Waals surface area contributed by atoms with Gasteiger partial charge in [-0.1, -0.05) is 30.3 Å². The molecule has 0 N–H and O–H groups in total. The monoisotopic (exact) mass is 388 g/mol. The third-order valence-corrected chi connectivity index (χ3v) is 5.55. The number of para-hydroxylation sites is 1. The molecule has 0 bridgehead atoms. The first kappa shape index (κ1) is 19.1. The van der Waals surface area contributed by atoms with Crippen molar-refractivity contribution in [2.24, 2.45) is 0 Å².